The SMILES string of the molecule is CN(CC(N)=O)CC(C)(O)C(=O)O. The first kappa shape index (κ1) is 11.9. The number of carboxylic acids is 1. The molecule has 0 fully saturated rings. The summed E-state index contributed by atoms with van der Waals surface area (Å²) in [7, 11) is 1.50. The van der Waals surface area contributed by atoms with Crippen LogP contribution in [0.4, 0.5) is 0 Å². The van der Waals surface area contributed by atoms with Crippen molar-refractivity contribution >= 4 is 11.9 Å². The molecule has 0 aromatic carbocycles. The lowest BCUT2D eigenvalue weighted by atomic mass is 10.1. The standard InChI is InChI=1S/C7H14N2O4/c1-7(13,6(11)12)4-9(2)3-5(8)10/h13H,3-4H2,1-2H3,(H2,8,10)(H,11,12). The summed E-state index contributed by atoms with van der Waals surface area (Å²) in [4.78, 5) is 22.2. The fourth-order valence-corrected chi connectivity index (χ4v) is 0.915. The van der Waals surface area contributed by atoms with E-state index in [1.165, 1.54) is 11.9 Å². The summed E-state index contributed by atoms with van der Waals surface area (Å²) >= 11 is 0. The molecule has 0 bridgehead atoms. The second-order valence-electron chi connectivity index (χ2n) is 3.22. The molecule has 0 saturated carbocycles. The molecular formula is C7H14N2O4. The van der Waals surface area contributed by atoms with Crippen molar-refractivity contribution in [3.63, 3.8) is 0 Å². The summed E-state index contributed by atoms with van der Waals surface area (Å²) in [6.07, 6.45) is 0. The van der Waals surface area contributed by atoms with E-state index in [1.54, 1.807) is 0 Å². The summed E-state index contributed by atoms with van der Waals surface area (Å²) in [5, 5.41) is 17.8. The number of nitrogens with zero attached hydrogens (tertiary/aromatic N) is 1. The number of primary amides is 1. The number of nitrogens with two attached hydrogens (primary N) is 1. The summed E-state index contributed by atoms with van der Waals surface area (Å²) < 4.78 is 0. The molecule has 0 rings (SSSR count). The van der Waals surface area contributed by atoms with Crippen LogP contribution >= 0.6 is 0 Å². The van der Waals surface area contributed by atoms with Crippen LogP contribution in [0.1, 0.15) is 6.92 Å². The van der Waals surface area contributed by atoms with Crippen LogP contribution in [0.3, 0.4) is 0 Å². The molecule has 0 radical (unpaired) electrons. The molecule has 1 unspecified atom stereocenters. The summed E-state index contributed by atoms with van der Waals surface area (Å²) in [5.41, 5.74) is 3.02. The molecule has 0 spiro atoms. The zero-order valence-corrected chi connectivity index (χ0v) is 7.65. The highest BCUT2D eigenvalue weighted by molar-refractivity contribution is 5.78. The van der Waals surface area contributed by atoms with Gasteiger partial charge in [0.05, 0.1) is 6.54 Å². The number of aliphatic carboxylic acids is 1. The lowest BCUT2D eigenvalue weighted by Crippen LogP contribution is -2.47. The van der Waals surface area contributed by atoms with Gasteiger partial charge in [-0.1, -0.05) is 0 Å². The molecule has 0 heterocycles. The van der Waals surface area contributed by atoms with E-state index < -0.39 is 17.5 Å². The quantitative estimate of drug-likeness (QED) is 0.476. The van der Waals surface area contributed by atoms with Crippen molar-refractivity contribution in [3.05, 3.63) is 0 Å². The Kier molecular flexibility index (Phi) is 3.83. The molecule has 0 aromatic heterocycles. The lowest BCUT2D eigenvalue weighted by Gasteiger charge is -2.24. The van der Waals surface area contributed by atoms with Gasteiger partial charge in [0, 0.05) is 6.54 Å². The number of carbonyl (C=O) groups excluding carboxylic acids is 1. The van der Waals surface area contributed by atoms with Gasteiger partial charge in [-0.15, -0.1) is 0 Å². The molecule has 0 aliphatic heterocycles. The van der Waals surface area contributed by atoms with E-state index in [1.807, 2.05) is 0 Å². The van der Waals surface area contributed by atoms with Gasteiger partial charge < -0.3 is 15.9 Å². The van der Waals surface area contributed by atoms with E-state index in [2.05, 4.69) is 0 Å². The molecule has 6 heteroatoms. The maximum Gasteiger partial charge on any atom is 0.336 e. The number of hydrogen-bond acceptors (Lipinski definition) is 4. The third kappa shape index (κ3) is 4.44. The van der Waals surface area contributed by atoms with Gasteiger partial charge in [-0.2, -0.15) is 0 Å². The Morgan fingerprint density at radius 2 is 2.00 bits per heavy atom. The number of hydrogen-bond donors (Lipinski definition) is 3. The zero-order chi connectivity index (χ0) is 10.6. The highest BCUT2D eigenvalue weighted by Gasteiger charge is 2.31. The van der Waals surface area contributed by atoms with Gasteiger partial charge in [0.25, 0.3) is 0 Å². The van der Waals surface area contributed by atoms with Crippen LogP contribution in [0, 0.1) is 0 Å². The first-order chi connectivity index (χ1) is 5.75. The van der Waals surface area contributed by atoms with Crippen molar-refractivity contribution in [2.24, 2.45) is 5.73 Å². The van der Waals surface area contributed by atoms with Crippen LogP contribution in [0.15, 0.2) is 0 Å². The van der Waals surface area contributed by atoms with Crippen LogP contribution in [0.5, 0.6) is 0 Å². The van der Waals surface area contributed by atoms with E-state index in [-0.39, 0.29) is 13.1 Å². The molecule has 13 heavy (non-hydrogen) atoms. The number of aliphatic hydroxyl groups is 1. The monoisotopic (exact) mass is 190 g/mol. The van der Waals surface area contributed by atoms with Gasteiger partial charge in [-0.3, -0.25) is 9.69 Å². The van der Waals surface area contributed by atoms with Crippen LogP contribution in [0.25, 0.3) is 0 Å². The number of rotatable bonds is 5. The Balaban J connectivity index is 4.11. The predicted octanol–water partition coefficient (Wildman–Crippen LogP) is -1.76. The van der Waals surface area contributed by atoms with E-state index in [0.29, 0.717) is 0 Å². The van der Waals surface area contributed by atoms with E-state index in [4.69, 9.17) is 10.8 Å². The van der Waals surface area contributed by atoms with Gasteiger partial charge in [0.1, 0.15) is 0 Å². The molecule has 0 aromatic rings. The van der Waals surface area contributed by atoms with Gasteiger partial charge in [0.15, 0.2) is 5.60 Å². The minimum atomic E-state index is -1.86. The van der Waals surface area contributed by atoms with Crippen molar-refractivity contribution in [1.29, 1.82) is 0 Å². The summed E-state index contributed by atoms with van der Waals surface area (Å²) in [6, 6.07) is 0. The Morgan fingerprint density at radius 1 is 1.54 bits per heavy atom. The van der Waals surface area contributed by atoms with Gasteiger partial charge in [-0.05, 0) is 14.0 Å². The molecule has 1 atom stereocenters. The molecule has 4 N–H and O–H groups in total. The van der Waals surface area contributed by atoms with E-state index >= 15 is 0 Å². The molecule has 6 nitrogen and oxygen atoms in total. The molecule has 1 amide bonds. The predicted molar refractivity (Wildman–Crippen MR) is 45.0 cm³/mol. The Hall–Kier alpha value is -1.14. The molecule has 0 aliphatic carbocycles. The largest absolute Gasteiger partial charge is 0.479 e. The number of carbonyl (C=O) groups is 2. The average molecular weight is 190 g/mol. The maximum atomic E-state index is 10.4. The van der Waals surface area contributed by atoms with Crippen molar-refractivity contribution in [2.45, 2.75) is 12.5 Å². The van der Waals surface area contributed by atoms with E-state index in [9.17, 15) is 14.7 Å². The van der Waals surface area contributed by atoms with Crippen molar-refractivity contribution < 1.29 is 19.8 Å². The maximum absolute atomic E-state index is 10.4. The fourth-order valence-electron chi connectivity index (χ4n) is 0.915. The van der Waals surface area contributed by atoms with Gasteiger partial charge in [0.2, 0.25) is 5.91 Å². The van der Waals surface area contributed by atoms with Crippen molar-refractivity contribution in [1.82, 2.24) is 4.90 Å². The second-order valence-corrected chi connectivity index (χ2v) is 3.22. The first-order valence-electron chi connectivity index (χ1n) is 3.68. The highest BCUT2D eigenvalue weighted by atomic mass is 16.4. The Bertz CT molecular complexity index is 215. The Labute approximate surface area is 75.9 Å². The summed E-state index contributed by atoms with van der Waals surface area (Å²) in [5.74, 6) is -1.90. The second kappa shape index (κ2) is 4.20. The first-order valence-corrected chi connectivity index (χ1v) is 3.68. The average Bonchev–Trinajstić information content (AvgIpc) is 1.82. The third-order valence-corrected chi connectivity index (χ3v) is 1.46. The van der Waals surface area contributed by atoms with Crippen LogP contribution in [0.2, 0.25) is 0 Å². The molecule has 76 valence electrons. The fraction of sp³-hybridized carbons (Fsp3) is 0.714. The van der Waals surface area contributed by atoms with Gasteiger partial charge in [-0.25, -0.2) is 4.79 Å². The number of carboxylic acid groups (broad SMARTS) is 1. The molecule has 0 saturated heterocycles. The van der Waals surface area contributed by atoms with Crippen molar-refractivity contribution in [3.8, 4) is 0 Å². The number of amides is 1. The normalized spacial score (nSPS) is 15.4. The smallest absolute Gasteiger partial charge is 0.336 e. The topological polar surface area (TPSA) is 104 Å². The third-order valence-electron chi connectivity index (χ3n) is 1.46. The van der Waals surface area contributed by atoms with Crippen LogP contribution < -0.4 is 5.73 Å². The number of likely N-dealkylation sites (N-methyl/N-ethyl adjacent to an activating group) is 1. The lowest BCUT2D eigenvalue weighted by molar-refractivity contribution is -0.158. The van der Waals surface area contributed by atoms with E-state index in [0.717, 1.165) is 6.92 Å². The van der Waals surface area contributed by atoms with Gasteiger partial charge >= 0.3 is 5.97 Å². The minimum Gasteiger partial charge on any atom is -0.479 e. The molecule has 0 aliphatic rings. The molecular weight excluding hydrogens is 176 g/mol. The highest BCUT2D eigenvalue weighted by Crippen LogP contribution is 2.04. The Morgan fingerprint density at radius 3 is 2.31 bits per heavy atom. The van der Waals surface area contributed by atoms with Crippen LogP contribution in [-0.4, -0.2) is 52.7 Å². The van der Waals surface area contributed by atoms with Crippen LogP contribution in [-0.2, 0) is 9.59 Å². The summed E-state index contributed by atoms with van der Waals surface area (Å²) in [6.45, 7) is 0.932. The zero-order valence-electron chi connectivity index (χ0n) is 7.65. The minimum absolute atomic E-state index is 0.0799. The van der Waals surface area contributed by atoms with Crippen molar-refractivity contribution in [2.75, 3.05) is 20.1 Å².